The van der Waals surface area contributed by atoms with Crippen molar-refractivity contribution in [2.45, 2.75) is 75.6 Å². The van der Waals surface area contributed by atoms with Crippen molar-refractivity contribution in [2.75, 3.05) is 37.0 Å². The predicted molar refractivity (Wildman–Crippen MR) is 160 cm³/mol. The quantitative estimate of drug-likeness (QED) is 0.374. The van der Waals surface area contributed by atoms with E-state index in [9.17, 15) is 4.79 Å². The van der Waals surface area contributed by atoms with Gasteiger partial charge in [0.1, 0.15) is 5.75 Å². The van der Waals surface area contributed by atoms with Crippen molar-refractivity contribution in [3.8, 4) is 5.75 Å². The third-order valence-corrected chi connectivity index (χ3v) is 11.1. The van der Waals surface area contributed by atoms with E-state index in [4.69, 9.17) is 25.8 Å². The molecule has 8 heteroatoms. The van der Waals surface area contributed by atoms with Crippen LogP contribution in [0, 0.1) is 11.8 Å². The summed E-state index contributed by atoms with van der Waals surface area (Å²) in [6, 6.07) is 12.3. The molecule has 1 saturated carbocycles. The second-order valence-corrected chi connectivity index (χ2v) is 13.8. The largest absolute Gasteiger partial charge is 0.490 e. The Morgan fingerprint density at radius 2 is 2.08 bits per heavy atom. The minimum Gasteiger partial charge on any atom is -0.490 e. The van der Waals surface area contributed by atoms with Crippen LogP contribution >= 0.6 is 23.5 Å². The lowest BCUT2D eigenvalue weighted by atomic mass is 9.67. The molecular formula is C32H39ClN2O4S. The summed E-state index contributed by atoms with van der Waals surface area (Å²) in [7, 11) is 0. The molecular weight excluding hydrogens is 544 g/mol. The zero-order chi connectivity index (χ0) is 27.3. The Kier molecular flexibility index (Phi) is 7.44. The van der Waals surface area contributed by atoms with Crippen LogP contribution in [-0.4, -0.2) is 56.3 Å². The van der Waals surface area contributed by atoms with Gasteiger partial charge in [-0.25, -0.2) is 0 Å². The van der Waals surface area contributed by atoms with E-state index in [1.54, 1.807) is 0 Å². The van der Waals surface area contributed by atoms with Crippen molar-refractivity contribution in [3.63, 3.8) is 0 Å². The lowest BCUT2D eigenvalue weighted by Crippen LogP contribution is -2.51. The fraction of sp³-hybridized carbons (Fsp3) is 0.594. The summed E-state index contributed by atoms with van der Waals surface area (Å²) in [5.41, 5.74) is 4.29. The summed E-state index contributed by atoms with van der Waals surface area (Å²) in [6.07, 6.45) is 8.11. The van der Waals surface area contributed by atoms with Gasteiger partial charge in [0.2, 0.25) is 0 Å². The summed E-state index contributed by atoms with van der Waals surface area (Å²) in [6.45, 7) is 5.30. The number of aryl methyl sites for hydroxylation is 1. The Morgan fingerprint density at radius 1 is 1.15 bits per heavy atom. The molecule has 1 spiro atoms. The van der Waals surface area contributed by atoms with Gasteiger partial charge in [-0.05, 0) is 111 Å². The van der Waals surface area contributed by atoms with Gasteiger partial charge >= 0.3 is 0 Å². The van der Waals surface area contributed by atoms with Crippen LogP contribution in [0.4, 0.5) is 5.69 Å². The molecule has 6 atom stereocenters. The van der Waals surface area contributed by atoms with Gasteiger partial charge in [0.05, 0.1) is 30.6 Å². The number of amides is 1. The fourth-order valence-corrected chi connectivity index (χ4v) is 8.56. The second kappa shape index (κ2) is 11.0. The number of nitrogens with one attached hydrogen (secondary N) is 1. The maximum absolute atomic E-state index is 13.2. The first-order chi connectivity index (χ1) is 19.5. The molecule has 5 aliphatic rings. The first kappa shape index (κ1) is 26.9. The van der Waals surface area contributed by atoms with E-state index in [-0.39, 0.29) is 29.6 Å². The second-order valence-electron chi connectivity index (χ2n) is 12.5. The molecule has 2 aromatic carbocycles. The average molecular weight is 583 g/mol. The zero-order valence-electron chi connectivity index (χ0n) is 23.2. The van der Waals surface area contributed by atoms with Gasteiger partial charge in [-0.2, -0.15) is 0 Å². The number of fused-ring (bicyclic) bond motifs is 7. The number of nitrogens with zero attached hydrogens (tertiary/aromatic N) is 1. The smallest absolute Gasteiger partial charge is 0.261 e. The topological polar surface area (TPSA) is 60.0 Å². The van der Waals surface area contributed by atoms with E-state index >= 15 is 0 Å². The third kappa shape index (κ3) is 5.12. The van der Waals surface area contributed by atoms with Gasteiger partial charge in [-0.3, -0.25) is 9.52 Å². The molecule has 2 fully saturated rings. The van der Waals surface area contributed by atoms with Gasteiger partial charge in [0.15, 0.2) is 0 Å². The first-order valence-corrected chi connectivity index (χ1v) is 16.3. The highest BCUT2D eigenvalue weighted by Crippen LogP contribution is 2.47. The summed E-state index contributed by atoms with van der Waals surface area (Å²) in [4.78, 5) is 15.8. The summed E-state index contributed by atoms with van der Waals surface area (Å²) >= 11 is 7.85. The molecule has 6 nitrogen and oxygen atoms in total. The number of halogens is 1. The minimum absolute atomic E-state index is 0.0690. The normalized spacial score (nSPS) is 34.0. The number of hydrogen-bond donors (Lipinski definition) is 1. The van der Waals surface area contributed by atoms with Crippen LogP contribution in [0.15, 0.2) is 36.4 Å². The van der Waals surface area contributed by atoms with E-state index in [0.717, 1.165) is 68.3 Å². The van der Waals surface area contributed by atoms with Crippen LogP contribution < -0.4 is 14.4 Å². The Morgan fingerprint density at radius 3 is 2.95 bits per heavy atom. The van der Waals surface area contributed by atoms with Gasteiger partial charge in [0.25, 0.3) is 5.91 Å². The Bertz CT molecular complexity index is 1280. The van der Waals surface area contributed by atoms with Crippen LogP contribution in [0.3, 0.4) is 0 Å². The maximum Gasteiger partial charge on any atom is 0.261 e. The lowest BCUT2D eigenvalue weighted by molar-refractivity contribution is -0.126. The van der Waals surface area contributed by atoms with E-state index in [1.807, 2.05) is 24.3 Å². The SMILES string of the molecule is C[C@H]1CSNC(=O)c2ccc3c(c2)N(C[C@@H]2CC[C@H]2[C@H]2C[C@@H](CCO2)O1)C[C@@]1(CCCc2cc(Cl)ccc21)CO3. The highest BCUT2D eigenvalue weighted by atomic mass is 35.5. The molecule has 1 saturated heterocycles. The highest BCUT2D eigenvalue weighted by molar-refractivity contribution is 7.98. The van der Waals surface area contributed by atoms with Gasteiger partial charge in [0, 0.05) is 47.9 Å². The molecule has 3 aliphatic heterocycles. The van der Waals surface area contributed by atoms with E-state index in [0.29, 0.717) is 29.8 Å². The fourth-order valence-electron chi connectivity index (χ4n) is 7.72. The minimum atomic E-state index is -0.119. The van der Waals surface area contributed by atoms with Gasteiger partial charge in [-0.1, -0.05) is 17.7 Å². The van der Waals surface area contributed by atoms with Crippen molar-refractivity contribution in [1.29, 1.82) is 0 Å². The molecule has 0 unspecified atom stereocenters. The van der Waals surface area contributed by atoms with Crippen molar-refractivity contribution in [2.24, 2.45) is 11.8 Å². The Labute approximate surface area is 246 Å². The number of rotatable bonds is 0. The van der Waals surface area contributed by atoms with Crippen LogP contribution in [-0.2, 0) is 21.3 Å². The third-order valence-electron chi connectivity index (χ3n) is 9.88. The Hall–Kier alpha value is -1.93. The molecule has 214 valence electrons. The van der Waals surface area contributed by atoms with Gasteiger partial charge in [-0.15, -0.1) is 0 Å². The monoisotopic (exact) mass is 582 g/mol. The molecule has 1 N–H and O–H groups in total. The van der Waals surface area contributed by atoms with Crippen molar-refractivity contribution in [1.82, 2.24) is 4.72 Å². The standard InChI is InChI=1S/C32H39ClN2O4S/c1-20-17-40-34-31(36)22-5-9-29-28(14-22)35(16-23-4-7-26(23)30-15-25(39-20)10-12-37-30)18-32(19-38-29)11-2-3-21-13-24(33)6-8-27(21)32/h5-6,8-9,13-14,20,23,25-26,30H,2-4,7,10-12,15-19H2,1H3,(H,34,36)/t20-,23-,25+,26+,30+,32-/m0/s1. The molecule has 0 aromatic heterocycles. The number of ether oxygens (including phenoxy) is 3. The molecule has 7 rings (SSSR count). The number of hydrogen-bond acceptors (Lipinski definition) is 6. The molecule has 40 heavy (non-hydrogen) atoms. The van der Waals surface area contributed by atoms with Crippen LogP contribution in [0.2, 0.25) is 5.02 Å². The molecule has 2 aromatic rings. The summed E-state index contributed by atoms with van der Waals surface area (Å²) < 4.78 is 22.5. The molecule has 4 bridgehead atoms. The summed E-state index contributed by atoms with van der Waals surface area (Å²) in [5, 5.41) is 0.800. The van der Waals surface area contributed by atoms with Crippen LogP contribution in [0.1, 0.15) is 66.9 Å². The highest BCUT2D eigenvalue weighted by Gasteiger charge is 2.45. The zero-order valence-corrected chi connectivity index (χ0v) is 24.8. The number of carbonyl (C=O) groups excluding carboxylic acids is 1. The van der Waals surface area contributed by atoms with Crippen molar-refractivity contribution >= 4 is 35.1 Å². The summed E-state index contributed by atoms with van der Waals surface area (Å²) in [5.74, 6) is 2.59. The average Bonchev–Trinajstić information content (AvgIpc) is 3.07. The predicted octanol–water partition coefficient (Wildman–Crippen LogP) is 6.18. The van der Waals surface area contributed by atoms with E-state index in [2.05, 4.69) is 28.7 Å². The van der Waals surface area contributed by atoms with Crippen LogP contribution in [0.5, 0.6) is 5.75 Å². The molecule has 1 amide bonds. The number of anilines is 1. The van der Waals surface area contributed by atoms with E-state index < -0.39 is 0 Å². The van der Waals surface area contributed by atoms with Crippen molar-refractivity contribution < 1.29 is 19.0 Å². The molecule has 2 aliphatic carbocycles. The molecule has 0 radical (unpaired) electrons. The number of carbonyl (C=O) groups is 1. The van der Waals surface area contributed by atoms with E-state index in [1.165, 1.54) is 35.9 Å². The Balaban J connectivity index is 1.26. The maximum atomic E-state index is 13.2. The molecule has 3 heterocycles. The van der Waals surface area contributed by atoms with Gasteiger partial charge < -0.3 is 19.1 Å². The number of benzene rings is 2. The lowest BCUT2D eigenvalue weighted by Gasteiger charge is -2.48. The van der Waals surface area contributed by atoms with Crippen LogP contribution in [0.25, 0.3) is 0 Å². The van der Waals surface area contributed by atoms with Crippen molar-refractivity contribution in [3.05, 3.63) is 58.1 Å². The first-order valence-electron chi connectivity index (χ1n) is 15.0.